The summed E-state index contributed by atoms with van der Waals surface area (Å²) in [4.78, 5) is 19.0. The van der Waals surface area contributed by atoms with Gasteiger partial charge in [0.25, 0.3) is 5.91 Å². The molecular formula is C26H30N2O8. The fourth-order valence-corrected chi connectivity index (χ4v) is 6.13. The van der Waals surface area contributed by atoms with Crippen molar-refractivity contribution in [1.29, 1.82) is 0 Å². The summed E-state index contributed by atoms with van der Waals surface area (Å²) < 4.78 is 17.2. The number of piperidine rings is 1. The number of amides is 1. The van der Waals surface area contributed by atoms with E-state index in [0.717, 1.165) is 17.6 Å². The van der Waals surface area contributed by atoms with E-state index in [1.807, 2.05) is 23.1 Å². The van der Waals surface area contributed by atoms with Gasteiger partial charge in [0.15, 0.2) is 6.29 Å². The van der Waals surface area contributed by atoms with Crippen LogP contribution in [0.25, 0.3) is 10.9 Å². The Morgan fingerprint density at radius 1 is 1.17 bits per heavy atom. The second-order valence-corrected chi connectivity index (χ2v) is 9.89. The highest BCUT2D eigenvalue weighted by Crippen LogP contribution is 2.48. The molecule has 0 radical (unpaired) electrons. The molecule has 192 valence electrons. The van der Waals surface area contributed by atoms with Gasteiger partial charge in [-0.25, -0.2) is 0 Å². The summed E-state index contributed by atoms with van der Waals surface area (Å²) in [6.45, 7) is 4.01. The minimum Gasteiger partial charge on any atom is -0.471 e. The zero-order valence-electron chi connectivity index (χ0n) is 19.6. The number of carbonyl (C=O) groups excluding carboxylic acids is 1. The van der Waals surface area contributed by atoms with Crippen molar-refractivity contribution in [3.8, 4) is 0 Å². The largest absolute Gasteiger partial charge is 0.471 e. The van der Waals surface area contributed by atoms with Gasteiger partial charge in [-0.15, -0.1) is 6.58 Å². The third-order valence-electron chi connectivity index (χ3n) is 8.04. The van der Waals surface area contributed by atoms with Crippen LogP contribution in [0, 0.1) is 11.8 Å². The Balaban J connectivity index is 1.28. The Labute approximate surface area is 207 Å². The molecule has 1 amide bonds. The van der Waals surface area contributed by atoms with E-state index in [0.29, 0.717) is 18.5 Å². The number of aromatic amines is 1. The van der Waals surface area contributed by atoms with E-state index in [2.05, 4.69) is 17.6 Å². The van der Waals surface area contributed by atoms with Crippen molar-refractivity contribution >= 4 is 16.8 Å². The monoisotopic (exact) mass is 498 g/mol. The molecule has 5 heterocycles. The van der Waals surface area contributed by atoms with Crippen molar-refractivity contribution < 1.29 is 39.4 Å². The van der Waals surface area contributed by atoms with Gasteiger partial charge in [-0.05, 0) is 24.5 Å². The molecule has 0 bridgehead atoms. The first-order valence-corrected chi connectivity index (χ1v) is 12.3. The van der Waals surface area contributed by atoms with Crippen LogP contribution in [0.5, 0.6) is 0 Å². The van der Waals surface area contributed by atoms with Gasteiger partial charge >= 0.3 is 0 Å². The van der Waals surface area contributed by atoms with E-state index in [1.165, 1.54) is 17.2 Å². The summed E-state index contributed by atoms with van der Waals surface area (Å²) in [6, 6.07) is 8.01. The molecule has 4 aliphatic rings. The Morgan fingerprint density at radius 3 is 2.75 bits per heavy atom. The number of hydrogen-bond donors (Lipinski definition) is 5. The highest BCUT2D eigenvalue weighted by atomic mass is 16.8. The van der Waals surface area contributed by atoms with Crippen LogP contribution >= 0.6 is 0 Å². The highest BCUT2D eigenvalue weighted by Gasteiger charge is 2.51. The molecule has 2 fully saturated rings. The lowest BCUT2D eigenvalue weighted by molar-refractivity contribution is -0.339. The summed E-state index contributed by atoms with van der Waals surface area (Å²) in [5.41, 5.74) is 3.89. The third-order valence-corrected chi connectivity index (χ3v) is 8.04. The number of para-hydroxylation sites is 1. The molecule has 6 rings (SSSR count). The maximum atomic E-state index is 13.5. The maximum Gasteiger partial charge on any atom is 0.253 e. The zero-order chi connectivity index (χ0) is 25.1. The van der Waals surface area contributed by atoms with Crippen LogP contribution in [-0.2, 0) is 25.4 Å². The molecule has 0 spiro atoms. The van der Waals surface area contributed by atoms with E-state index in [1.54, 1.807) is 6.08 Å². The molecule has 0 unspecified atom stereocenters. The van der Waals surface area contributed by atoms with E-state index < -0.39 is 49.5 Å². The number of nitrogens with one attached hydrogen (secondary N) is 1. The van der Waals surface area contributed by atoms with Crippen LogP contribution < -0.4 is 0 Å². The lowest BCUT2D eigenvalue weighted by atomic mass is 9.74. The molecule has 0 saturated carbocycles. The molecule has 10 nitrogen and oxygen atoms in total. The SMILES string of the molecule is C=C[C@H]1[C@@H](O[C@H]2O[C@@H](CO)[C@H](O)[C@H](O)[C@H]2O)OC=C2C(=O)N3CCc4c([nH]c5ccccc45)[C@H]3C[C@H]21. The van der Waals surface area contributed by atoms with Crippen LogP contribution in [0.3, 0.4) is 0 Å². The van der Waals surface area contributed by atoms with Gasteiger partial charge in [-0.2, -0.15) is 0 Å². The first kappa shape index (κ1) is 23.7. The molecule has 5 N–H and O–H groups in total. The molecule has 10 heteroatoms. The van der Waals surface area contributed by atoms with Gasteiger partial charge < -0.3 is 44.5 Å². The summed E-state index contributed by atoms with van der Waals surface area (Å²) in [5, 5.41) is 41.3. The molecule has 9 atom stereocenters. The Hall–Kier alpha value is -2.73. The quantitative estimate of drug-likeness (QED) is 0.383. The molecule has 0 aliphatic carbocycles. The number of rotatable bonds is 4. The number of aliphatic hydroxyl groups excluding tert-OH is 4. The van der Waals surface area contributed by atoms with Gasteiger partial charge in [0.1, 0.15) is 24.4 Å². The summed E-state index contributed by atoms with van der Waals surface area (Å²) in [7, 11) is 0. The lowest BCUT2D eigenvalue weighted by Crippen LogP contribution is -2.60. The molecule has 1 aromatic heterocycles. The minimum absolute atomic E-state index is 0.0845. The first-order chi connectivity index (χ1) is 17.4. The fraction of sp³-hybridized carbons (Fsp3) is 0.500. The highest BCUT2D eigenvalue weighted by molar-refractivity contribution is 5.96. The number of nitrogens with zero attached hydrogens (tertiary/aromatic N) is 1. The van der Waals surface area contributed by atoms with Gasteiger partial charge in [0, 0.05) is 35.0 Å². The molecular weight excluding hydrogens is 468 g/mol. The molecule has 2 aromatic rings. The number of carbonyl (C=O) groups is 1. The average Bonchev–Trinajstić information content (AvgIpc) is 3.28. The standard InChI is InChI=1S/C26H30N2O8/c1-2-12-15-9-18-20-14(13-5-3-4-6-17(13)27-20)7-8-28(18)24(33)16(15)11-34-25(12)36-26-23(32)22(31)21(30)19(10-29)35-26/h2-6,11-12,15,18-19,21-23,25-27,29-32H,1,7-10H2/t12-,15+,18-,19+,21+,22+,23-,25-,26-/m1/s1. The van der Waals surface area contributed by atoms with Gasteiger partial charge in [-0.1, -0.05) is 24.3 Å². The molecule has 4 aliphatic heterocycles. The van der Waals surface area contributed by atoms with Gasteiger partial charge in [0.2, 0.25) is 6.29 Å². The van der Waals surface area contributed by atoms with Crippen LogP contribution in [-0.4, -0.2) is 86.4 Å². The number of benzene rings is 1. The maximum absolute atomic E-state index is 13.5. The molecule has 36 heavy (non-hydrogen) atoms. The third kappa shape index (κ3) is 3.52. The summed E-state index contributed by atoms with van der Waals surface area (Å²) in [5.74, 6) is -0.783. The van der Waals surface area contributed by atoms with Crippen LogP contribution in [0.2, 0.25) is 0 Å². The van der Waals surface area contributed by atoms with Crippen LogP contribution in [0.1, 0.15) is 23.7 Å². The van der Waals surface area contributed by atoms with Crippen molar-refractivity contribution in [2.45, 2.75) is 55.9 Å². The predicted octanol–water partition coefficient (Wildman–Crippen LogP) is 0.473. The number of aromatic nitrogens is 1. The van der Waals surface area contributed by atoms with E-state index in [9.17, 15) is 25.2 Å². The van der Waals surface area contributed by atoms with Crippen molar-refractivity contribution in [3.63, 3.8) is 0 Å². The van der Waals surface area contributed by atoms with Gasteiger partial charge in [-0.3, -0.25) is 4.79 Å². The van der Waals surface area contributed by atoms with Crippen molar-refractivity contribution in [3.05, 3.63) is 60.0 Å². The number of ether oxygens (including phenoxy) is 3. The lowest BCUT2D eigenvalue weighted by Gasteiger charge is -2.48. The predicted molar refractivity (Wildman–Crippen MR) is 126 cm³/mol. The summed E-state index contributed by atoms with van der Waals surface area (Å²) >= 11 is 0. The second-order valence-electron chi connectivity index (χ2n) is 9.89. The van der Waals surface area contributed by atoms with E-state index in [4.69, 9.17) is 14.2 Å². The number of aliphatic hydroxyl groups is 4. The van der Waals surface area contributed by atoms with E-state index in [-0.39, 0.29) is 17.9 Å². The average molecular weight is 499 g/mol. The topological polar surface area (TPSA) is 145 Å². The Kier molecular flexibility index (Phi) is 5.90. The Morgan fingerprint density at radius 2 is 1.97 bits per heavy atom. The number of fused-ring (bicyclic) bond motifs is 6. The number of H-pyrrole nitrogens is 1. The van der Waals surface area contributed by atoms with Crippen LogP contribution in [0.4, 0.5) is 0 Å². The van der Waals surface area contributed by atoms with Crippen LogP contribution in [0.15, 0.2) is 48.8 Å². The minimum atomic E-state index is -1.56. The number of hydrogen-bond acceptors (Lipinski definition) is 8. The summed E-state index contributed by atoms with van der Waals surface area (Å²) in [6.07, 6.45) is -3.53. The van der Waals surface area contributed by atoms with Gasteiger partial charge in [0.05, 0.1) is 24.5 Å². The fourth-order valence-electron chi connectivity index (χ4n) is 6.13. The second kappa shape index (κ2) is 8.98. The first-order valence-electron chi connectivity index (χ1n) is 12.3. The van der Waals surface area contributed by atoms with Crippen molar-refractivity contribution in [2.24, 2.45) is 11.8 Å². The molecule has 1 aromatic carbocycles. The van der Waals surface area contributed by atoms with Crippen molar-refractivity contribution in [2.75, 3.05) is 13.2 Å². The molecule has 2 saturated heterocycles. The van der Waals surface area contributed by atoms with Crippen molar-refractivity contribution in [1.82, 2.24) is 9.88 Å². The zero-order valence-corrected chi connectivity index (χ0v) is 19.6. The smallest absolute Gasteiger partial charge is 0.253 e. The Bertz CT molecular complexity index is 1210. The normalized spacial score (nSPS) is 38.0. The van der Waals surface area contributed by atoms with E-state index >= 15 is 0 Å².